The molecule has 0 aliphatic carbocycles. The van der Waals surface area contributed by atoms with E-state index in [0.717, 1.165) is 5.56 Å². The van der Waals surface area contributed by atoms with Gasteiger partial charge in [-0.3, -0.25) is 4.79 Å². The Balaban J connectivity index is 2.36. The summed E-state index contributed by atoms with van der Waals surface area (Å²) in [7, 11) is -2.35. The van der Waals surface area contributed by atoms with Crippen LogP contribution in [-0.2, 0) is 21.4 Å². The van der Waals surface area contributed by atoms with E-state index in [4.69, 9.17) is 4.74 Å². The summed E-state index contributed by atoms with van der Waals surface area (Å²) in [6.45, 7) is 5.41. The van der Waals surface area contributed by atoms with Gasteiger partial charge in [0.15, 0.2) is 0 Å². The molecule has 0 bridgehead atoms. The fraction of sp³-hybridized carbons (Fsp3) is 0.250. The van der Waals surface area contributed by atoms with Crippen molar-refractivity contribution in [2.45, 2.75) is 18.4 Å². The van der Waals surface area contributed by atoms with Crippen LogP contribution in [0.15, 0.2) is 66.1 Å². The van der Waals surface area contributed by atoms with Crippen LogP contribution in [0.2, 0.25) is 0 Å². The Bertz CT molecular complexity index is 895. The molecule has 27 heavy (non-hydrogen) atoms. The number of rotatable bonds is 9. The maximum Gasteiger partial charge on any atom is 0.243 e. The van der Waals surface area contributed by atoms with Crippen molar-refractivity contribution < 1.29 is 17.9 Å². The van der Waals surface area contributed by atoms with Crippen molar-refractivity contribution in [2.75, 3.05) is 20.2 Å². The number of hydrogen-bond acceptors (Lipinski definition) is 4. The van der Waals surface area contributed by atoms with Crippen molar-refractivity contribution in [3.8, 4) is 5.75 Å². The van der Waals surface area contributed by atoms with Crippen molar-refractivity contribution in [3.05, 3.63) is 72.3 Å². The summed E-state index contributed by atoms with van der Waals surface area (Å²) in [4.78, 5) is 12.3. The van der Waals surface area contributed by atoms with Gasteiger partial charge in [0.1, 0.15) is 5.75 Å². The van der Waals surface area contributed by atoms with Crippen LogP contribution in [0, 0.1) is 6.92 Å². The Kier molecular flexibility index (Phi) is 7.15. The van der Waals surface area contributed by atoms with Crippen molar-refractivity contribution >= 4 is 15.9 Å². The van der Waals surface area contributed by atoms with Crippen molar-refractivity contribution in [1.82, 2.24) is 9.62 Å². The Morgan fingerprint density at radius 3 is 2.52 bits per heavy atom. The molecule has 0 radical (unpaired) electrons. The van der Waals surface area contributed by atoms with E-state index in [1.165, 1.54) is 17.5 Å². The number of sulfonamides is 1. The Hall–Kier alpha value is -2.64. The lowest BCUT2D eigenvalue weighted by atomic mass is 10.2. The highest BCUT2D eigenvalue weighted by Gasteiger charge is 2.27. The summed E-state index contributed by atoms with van der Waals surface area (Å²) in [5.41, 5.74) is 1.50. The zero-order valence-corrected chi connectivity index (χ0v) is 16.3. The quantitative estimate of drug-likeness (QED) is 0.670. The normalized spacial score (nSPS) is 11.2. The molecule has 0 spiro atoms. The van der Waals surface area contributed by atoms with Crippen LogP contribution >= 0.6 is 0 Å². The maximum atomic E-state index is 13.2. The first kappa shape index (κ1) is 20.7. The minimum Gasteiger partial charge on any atom is -0.496 e. The van der Waals surface area contributed by atoms with Crippen LogP contribution < -0.4 is 10.1 Å². The number of carbonyl (C=O) groups excluding carboxylic acids is 1. The third kappa shape index (κ3) is 5.42. The van der Waals surface area contributed by atoms with E-state index in [-0.39, 0.29) is 30.4 Å². The Morgan fingerprint density at radius 2 is 1.93 bits per heavy atom. The summed E-state index contributed by atoms with van der Waals surface area (Å²) >= 11 is 0. The molecule has 2 aromatic rings. The van der Waals surface area contributed by atoms with Gasteiger partial charge in [0.25, 0.3) is 0 Å². The van der Waals surface area contributed by atoms with E-state index < -0.39 is 10.0 Å². The highest BCUT2D eigenvalue weighted by Crippen LogP contribution is 2.24. The topological polar surface area (TPSA) is 75.7 Å². The summed E-state index contributed by atoms with van der Waals surface area (Å²) in [5.74, 6) is 0.215. The number of aryl methyl sites for hydroxylation is 1. The molecule has 7 heteroatoms. The van der Waals surface area contributed by atoms with E-state index in [1.807, 2.05) is 30.3 Å². The van der Waals surface area contributed by atoms with Gasteiger partial charge in [-0.25, -0.2) is 8.42 Å². The molecule has 0 atom stereocenters. The monoisotopic (exact) mass is 388 g/mol. The SMILES string of the molecule is C=CCNC(=O)CN(Cc1ccccc1)S(=O)(=O)c1ccc(OC)c(C)c1. The van der Waals surface area contributed by atoms with E-state index in [0.29, 0.717) is 11.3 Å². The number of carbonyl (C=O) groups is 1. The smallest absolute Gasteiger partial charge is 0.243 e. The van der Waals surface area contributed by atoms with Gasteiger partial charge in [0, 0.05) is 13.1 Å². The van der Waals surface area contributed by atoms with E-state index >= 15 is 0 Å². The van der Waals surface area contributed by atoms with E-state index in [1.54, 1.807) is 25.1 Å². The van der Waals surface area contributed by atoms with Gasteiger partial charge in [0.05, 0.1) is 18.6 Å². The van der Waals surface area contributed by atoms with Gasteiger partial charge in [-0.2, -0.15) is 4.31 Å². The summed E-state index contributed by atoms with van der Waals surface area (Å²) < 4.78 is 32.7. The summed E-state index contributed by atoms with van der Waals surface area (Å²) in [6.07, 6.45) is 1.54. The molecule has 0 aromatic heterocycles. The number of amides is 1. The molecule has 0 aliphatic rings. The number of benzene rings is 2. The van der Waals surface area contributed by atoms with Gasteiger partial charge in [-0.15, -0.1) is 6.58 Å². The van der Waals surface area contributed by atoms with Gasteiger partial charge < -0.3 is 10.1 Å². The number of ether oxygens (including phenoxy) is 1. The lowest BCUT2D eigenvalue weighted by Crippen LogP contribution is -2.40. The predicted molar refractivity (Wildman–Crippen MR) is 105 cm³/mol. The Morgan fingerprint density at radius 1 is 1.22 bits per heavy atom. The first-order valence-electron chi connectivity index (χ1n) is 8.44. The minimum atomic E-state index is -3.88. The fourth-order valence-corrected chi connectivity index (χ4v) is 4.05. The molecule has 2 rings (SSSR count). The molecule has 0 saturated heterocycles. The molecular formula is C20H24N2O4S. The number of methoxy groups -OCH3 is 1. The zero-order valence-electron chi connectivity index (χ0n) is 15.5. The van der Waals surface area contributed by atoms with Crippen LogP contribution in [0.1, 0.15) is 11.1 Å². The van der Waals surface area contributed by atoms with Gasteiger partial charge >= 0.3 is 0 Å². The fourth-order valence-electron chi connectivity index (χ4n) is 2.58. The minimum absolute atomic E-state index is 0.0930. The first-order valence-corrected chi connectivity index (χ1v) is 9.88. The Labute approximate surface area is 160 Å². The van der Waals surface area contributed by atoms with E-state index in [2.05, 4.69) is 11.9 Å². The van der Waals surface area contributed by atoms with Gasteiger partial charge in [-0.1, -0.05) is 36.4 Å². The third-order valence-electron chi connectivity index (χ3n) is 3.97. The summed E-state index contributed by atoms with van der Waals surface area (Å²) in [5, 5.41) is 2.62. The molecule has 1 N–H and O–H groups in total. The summed E-state index contributed by atoms with van der Waals surface area (Å²) in [6, 6.07) is 13.8. The largest absolute Gasteiger partial charge is 0.496 e. The predicted octanol–water partition coefficient (Wildman–Crippen LogP) is 2.50. The molecule has 1 amide bonds. The zero-order chi connectivity index (χ0) is 19.9. The van der Waals surface area contributed by atoms with E-state index in [9.17, 15) is 13.2 Å². The molecule has 0 unspecified atom stereocenters. The second-order valence-electron chi connectivity index (χ2n) is 5.98. The molecule has 0 heterocycles. The highest BCUT2D eigenvalue weighted by molar-refractivity contribution is 7.89. The van der Waals surface area contributed by atoms with Crippen LogP contribution in [0.5, 0.6) is 5.75 Å². The van der Waals surface area contributed by atoms with Crippen LogP contribution in [-0.4, -0.2) is 38.8 Å². The average molecular weight is 388 g/mol. The van der Waals surface area contributed by atoms with Crippen molar-refractivity contribution in [1.29, 1.82) is 0 Å². The molecule has 2 aromatic carbocycles. The molecular weight excluding hydrogens is 364 g/mol. The lowest BCUT2D eigenvalue weighted by molar-refractivity contribution is -0.121. The number of nitrogens with zero attached hydrogens (tertiary/aromatic N) is 1. The molecule has 0 fully saturated rings. The standard InChI is InChI=1S/C20H24N2O4S/c1-4-12-21-20(23)15-22(14-17-8-6-5-7-9-17)27(24,25)18-10-11-19(26-3)16(2)13-18/h4-11,13H,1,12,14-15H2,2-3H3,(H,21,23). The molecule has 144 valence electrons. The van der Waals surface area contributed by atoms with Crippen LogP contribution in [0.3, 0.4) is 0 Å². The second-order valence-corrected chi connectivity index (χ2v) is 7.92. The lowest BCUT2D eigenvalue weighted by Gasteiger charge is -2.22. The van der Waals surface area contributed by atoms with Gasteiger partial charge in [-0.05, 0) is 36.2 Å². The number of hydrogen-bond donors (Lipinski definition) is 1. The van der Waals surface area contributed by atoms with Gasteiger partial charge in [0.2, 0.25) is 15.9 Å². The highest BCUT2D eigenvalue weighted by atomic mass is 32.2. The molecule has 6 nitrogen and oxygen atoms in total. The van der Waals surface area contributed by atoms with Crippen LogP contribution in [0.4, 0.5) is 0 Å². The molecule has 0 saturated carbocycles. The maximum absolute atomic E-state index is 13.2. The van der Waals surface area contributed by atoms with Crippen molar-refractivity contribution in [2.24, 2.45) is 0 Å². The second kappa shape index (κ2) is 9.34. The average Bonchev–Trinajstić information content (AvgIpc) is 2.66. The van der Waals surface area contributed by atoms with Crippen LogP contribution in [0.25, 0.3) is 0 Å². The third-order valence-corrected chi connectivity index (χ3v) is 5.76. The number of nitrogens with one attached hydrogen (secondary N) is 1. The van der Waals surface area contributed by atoms with Crippen molar-refractivity contribution in [3.63, 3.8) is 0 Å². The first-order chi connectivity index (χ1) is 12.9. The molecule has 0 aliphatic heterocycles.